The van der Waals surface area contributed by atoms with Gasteiger partial charge in [0.15, 0.2) is 0 Å². The third-order valence-corrected chi connectivity index (χ3v) is 5.02. The first-order chi connectivity index (χ1) is 10.3. The van der Waals surface area contributed by atoms with Crippen LogP contribution in [0, 0.1) is 0 Å². The van der Waals surface area contributed by atoms with Crippen molar-refractivity contribution in [2.24, 2.45) is 0 Å². The van der Waals surface area contributed by atoms with Gasteiger partial charge in [-0.05, 0) is 37.0 Å². The van der Waals surface area contributed by atoms with Gasteiger partial charge in [0, 0.05) is 19.0 Å². The Morgan fingerprint density at radius 1 is 1.19 bits per heavy atom. The van der Waals surface area contributed by atoms with Crippen LogP contribution in [0.15, 0.2) is 24.3 Å². The van der Waals surface area contributed by atoms with Gasteiger partial charge in [-0.25, -0.2) is 0 Å². The van der Waals surface area contributed by atoms with Crippen molar-refractivity contribution >= 4 is 5.91 Å². The molecule has 3 atom stereocenters. The molecular formula is C17H22N2O2. The number of nitrogens with zero attached hydrogens (tertiary/aromatic N) is 1. The quantitative estimate of drug-likeness (QED) is 0.844. The average molecular weight is 286 g/mol. The minimum absolute atomic E-state index is 0.158. The zero-order valence-corrected chi connectivity index (χ0v) is 12.3. The summed E-state index contributed by atoms with van der Waals surface area (Å²) in [7, 11) is 0. The Balaban J connectivity index is 1.27. The van der Waals surface area contributed by atoms with Crippen LogP contribution < -0.4 is 10.1 Å². The van der Waals surface area contributed by atoms with Crippen molar-refractivity contribution in [2.75, 3.05) is 13.2 Å². The number of carbonyl (C=O) groups excluding carboxylic acids is 1. The van der Waals surface area contributed by atoms with E-state index in [1.165, 1.54) is 31.4 Å². The fraction of sp³-hybridized carbons (Fsp3) is 0.588. The fourth-order valence-electron chi connectivity index (χ4n) is 3.36. The summed E-state index contributed by atoms with van der Waals surface area (Å²) in [5.41, 5.74) is 1.18. The van der Waals surface area contributed by atoms with Crippen molar-refractivity contribution < 1.29 is 9.53 Å². The van der Waals surface area contributed by atoms with E-state index in [4.69, 9.17) is 4.74 Å². The molecule has 112 valence electrons. The van der Waals surface area contributed by atoms with Crippen LogP contribution in [-0.2, 0) is 4.79 Å². The van der Waals surface area contributed by atoms with E-state index in [9.17, 15) is 4.79 Å². The summed E-state index contributed by atoms with van der Waals surface area (Å²) in [4.78, 5) is 13.8. The van der Waals surface area contributed by atoms with Crippen LogP contribution in [0.3, 0.4) is 0 Å². The minimum atomic E-state index is 0.158. The molecule has 0 radical (unpaired) electrons. The molecule has 21 heavy (non-hydrogen) atoms. The lowest BCUT2D eigenvalue weighted by molar-refractivity contribution is -0.119. The number of carbonyl (C=O) groups is 1. The second-order valence-electron chi connectivity index (χ2n) is 6.47. The molecule has 1 saturated carbocycles. The maximum atomic E-state index is 11.3. The van der Waals surface area contributed by atoms with E-state index in [1.54, 1.807) is 0 Å². The molecule has 4 rings (SSSR count). The molecular weight excluding hydrogens is 264 g/mol. The summed E-state index contributed by atoms with van der Waals surface area (Å²) < 4.78 is 5.89. The topological polar surface area (TPSA) is 41.3 Å². The molecule has 3 unspecified atom stereocenters. The van der Waals surface area contributed by atoms with E-state index in [1.807, 2.05) is 12.1 Å². The summed E-state index contributed by atoms with van der Waals surface area (Å²) in [5, 5.41) is 2.99. The van der Waals surface area contributed by atoms with Gasteiger partial charge in [-0.1, -0.05) is 18.6 Å². The molecule has 0 aromatic heterocycles. The van der Waals surface area contributed by atoms with E-state index >= 15 is 0 Å². The molecule has 2 aliphatic heterocycles. The van der Waals surface area contributed by atoms with E-state index in [0.29, 0.717) is 12.5 Å². The number of ether oxygens (including phenoxy) is 1. The van der Waals surface area contributed by atoms with Crippen molar-refractivity contribution in [3.8, 4) is 5.75 Å². The predicted molar refractivity (Wildman–Crippen MR) is 80.2 cm³/mol. The highest BCUT2D eigenvalue weighted by atomic mass is 16.5. The maximum Gasteiger partial charge on any atom is 0.220 e. The SMILES string of the molecule is O=C1CCC(c2ccc(OCC3CN3C3CCC3)cc2)N1. The first kappa shape index (κ1) is 13.1. The van der Waals surface area contributed by atoms with Crippen LogP contribution in [0.5, 0.6) is 5.75 Å². The molecule has 1 aromatic rings. The van der Waals surface area contributed by atoms with Crippen molar-refractivity contribution in [3.63, 3.8) is 0 Å². The van der Waals surface area contributed by atoms with E-state index < -0.39 is 0 Å². The summed E-state index contributed by atoms with van der Waals surface area (Å²) in [6.07, 6.45) is 5.68. The van der Waals surface area contributed by atoms with Crippen molar-refractivity contribution in [3.05, 3.63) is 29.8 Å². The Morgan fingerprint density at radius 3 is 2.62 bits per heavy atom. The molecule has 1 aliphatic carbocycles. The Hall–Kier alpha value is -1.55. The zero-order chi connectivity index (χ0) is 14.2. The number of benzene rings is 1. The summed E-state index contributed by atoms with van der Waals surface area (Å²) in [6, 6.07) is 9.84. The number of hydrogen-bond acceptors (Lipinski definition) is 3. The molecule has 1 amide bonds. The van der Waals surface area contributed by atoms with Gasteiger partial charge in [0.2, 0.25) is 5.91 Å². The highest BCUT2D eigenvalue weighted by Crippen LogP contribution is 2.34. The van der Waals surface area contributed by atoms with E-state index in [0.717, 1.165) is 24.8 Å². The lowest BCUT2D eigenvalue weighted by Crippen LogP contribution is -2.29. The normalized spacial score (nSPS) is 31.6. The van der Waals surface area contributed by atoms with Gasteiger partial charge < -0.3 is 10.1 Å². The molecule has 1 N–H and O–H groups in total. The standard InChI is InChI=1S/C17H22N2O2/c20-17-9-8-16(18-17)12-4-6-15(7-5-12)21-11-14-10-19(14)13-2-1-3-13/h4-7,13-14,16H,1-3,8-11H2,(H,18,20). The number of rotatable bonds is 5. The van der Waals surface area contributed by atoms with Crippen molar-refractivity contribution in [1.82, 2.24) is 10.2 Å². The van der Waals surface area contributed by atoms with Gasteiger partial charge in [-0.2, -0.15) is 0 Å². The molecule has 0 spiro atoms. The molecule has 2 heterocycles. The molecule has 2 saturated heterocycles. The molecule has 4 nitrogen and oxygen atoms in total. The smallest absolute Gasteiger partial charge is 0.220 e. The van der Waals surface area contributed by atoms with Gasteiger partial charge in [0.05, 0.1) is 12.1 Å². The third-order valence-electron chi connectivity index (χ3n) is 5.02. The Bertz CT molecular complexity index is 524. The monoisotopic (exact) mass is 286 g/mol. The third kappa shape index (κ3) is 2.77. The molecule has 4 heteroatoms. The molecule has 0 bridgehead atoms. The van der Waals surface area contributed by atoms with Crippen LogP contribution >= 0.6 is 0 Å². The highest BCUT2D eigenvalue weighted by molar-refractivity contribution is 5.78. The lowest BCUT2D eigenvalue weighted by atomic mass is 9.93. The zero-order valence-electron chi connectivity index (χ0n) is 12.3. The number of amides is 1. The maximum absolute atomic E-state index is 11.3. The van der Waals surface area contributed by atoms with Gasteiger partial charge in [0.1, 0.15) is 12.4 Å². The van der Waals surface area contributed by atoms with Crippen LogP contribution in [-0.4, -0.2) is 36.0 Å². The number of nitrogens with one attached hydrogen (secondary N) is 1. The Morgan fingerprint density at radius 2 is 2.00 bits per heavy atom. The Labute approximate surface area is 125 Å². The lowest BCUT2D eigenvalue weighted by Gasteiger charge is -2.27. The van der Waals surface area contributed by atoms with Gasteiger partial charge in [0.25, 0.3) is 0 Å². The molecule has 1 aromatic carbocycles. The highest BCUT2D eigenvalue weighted by Gasteiger charge is 2.42. The van der Waals surface area contributed by atoms with E-state index in [2.05, 4.69) is 22.3 Å². The minimum Gasteiger partial charge on any atom is -0.492 e. The second-order valence-corrected chi connectivity index (χ2v) is 6.47. The van der Waals surface area contributed by atoms with Gasteiger partial charge >= 0.3 is 0 Å². The average Bonchev–Trinajstić information content (AvgIpc) is 3.05. The van der Waals surface area contributed by atoms with Gasteiger partial charge in [-0.15, -0.1) is 0 Å². The van der Waals surface area contributed by atoms with Crippen LogP contribution in [0.4, 0.5) is 0 Å². The first-order valence-electron chi connectivity index (χ1n) is 8.07. The summed E-state index contributed by atoms with van der Waals surface area (Å²) >= 11 is 0. The van der Waals surface area contributed by atoms with Crippen LogP contribution in [0.2, 0.25) is 0 Å². The number of hydrogen-bond donors (Lipinski definition) is 1. The Kier molecular flexibility index (Phi) is 3.34. The largest absolute Gasteiger partial charge is 0.492 e. The van der Waals surface area contributed by atoms with Crippen molar-refractivity contribution in [2.45, 2.75) is 50.2 Å². The first-order valence-corrected chi connectivity index (χ1v) is 8.07. The van der Waals surface area contributed by atoms with Crippen LogP contribution in [0.1, 0.15) is 43.7 Å². The van der Waals surface area contributed by atoms with Gasteiger partial charge in [-0.3, -0.25) is 9.69 Å². The van der Waals surface area contributed by atoms with Crippen molar-refractivity contribution in [1.29, 1.82) is 0 Å². The van der Waals surface area contributed by atoms with E-state index in [-0.39, 0.29) is 11.9 Å². The fourth-order valence-corrected chi connectivity index (χ4v) is 3.36. The predicted octanol–water partition coefficient (Wildman–Crippen LogP) is 2.25. The van der Waals surface area contributed by atoms with Crippen LogP contribution in [0.25, 0.3) is 0 Å². The summed E-state index contributed by atoms with van der Waals surface area (Å²) in [6.45, 7) is 2.01. The second kappa shape index (κ2) is 5.34. The molecule has 3 aliphatic rings. The molecule has 3 fully saturated rings. The summed E-state index contributed by atoms with van der Waals surface area (Å²) in [5.74, 6) is 1.09.